The van der Waals surface area contributed by atoms with E-state index in [1.807, 2.05) is 30.3 Å². The summed E-state index contributed by atoms with van der Waals surface area (Å²) in [5.41, 5.74) is 3.23. The van der Waals surface area contributed by atoms with Crippen LogP contribution in [0.15, 0.2) is 60.8 Å². The number of carboxylic acid groups (broad SMARTS) is 1. The summed E-state index contributed by atoms with van der Waals surface area (Å²) in [6, 6.07) is 15.9. The molecule has 0 aliphatic rings. The first-order chi connectivity index (χ1) is 11.7. The summed E-state index contributed by atoms with van der Waals surface area (Å²) < 4.78 is 5.44. The van der Waals surface area contributed by atoms with Crippen molar-refractivity contribution in [3.63, 3.8) is 0 Å². The summed E-state index contributed by atoms with van der Waals surface area (Å²) in [5.74, 6) is -0.316. The topological polar surface area (TPSA) is 84.3 Å². The molecule has 3 rings (SSSR count). The molecular formula is C18H15N3O3. The fourth-order valence-corrected chi connectivity index (χ4v) is 2.32. The first-order valence-corrected chi connectivity index (χ1v) is 7.24. The van der Waals surface area contributed by atoms with Gasteiger partial charge < -0.3 is 15.2 Å². The molecule has 0 aliphatic heterocycles. The zero-order chi connectivity index (χ0) is 16.9. The Morgan fingerprint density at radius 3 is 2.62 bits per heavy atom. The molecule has 0 radical (unpaired) electrons. The van der Waals surface area contributed by atoms with Crippen LogP contribution in [0.1, 0.15) is 10.4 Å². The molecule has 3 aromatic rings. The van der Waals surface area contributed by atoms with Crippen LogP contribution in [0.3, 0.4) is 0 Å². The number of methoxy groups -OCH3 is 1. The van der Waals surface area contributed by atoms with E-state index in [2.05, 4.69) is 15.5 Å². The number of carbonyl (C=O) groups is 1. The molecular weight excluding hydrogens is 306 g/mol. The number of hydrogen-bond donors (Lipinski definition) is 2. The highest BCUT2D eigenvalue weighted by Crippen LogP contribution is 2.32. The first kappa shape index (κ1) is 15.5. The molecule has 0 bridgehead atoms. The Balaban J connectivity index is 1.90. The van der Waals surface area contributed by atoms with Crippen LogP contribution >= 0.6 is 0 Å². The maximum absolute atomic E-state index is 11.0. The predicted octanol–water partition coefficient (Wildman–Crippen LogP) is 3.59. The average Bonchev–Trinajstić information content (AvgIpc) is 2.62. The Bertz CT molecular complexity index is 866. The van der Waals surface area contributed by atoms with Crippen molar-refractivity contribution >= 4 is 17.3 Å². The maximum Gasteiger partial charge on any atom is 0.335 e. The predicted molar refractivity (Wildman–Crippen MR) is 90.7 cm³/mol. The number of aromatic carboxylic acids is 1. The van der Waals surface area contributed by atoms with Crippen LogP contribution in [-0.2, 0) is 0 Å². The summed E-state index contributed by atoms with van der Waals surface area (Å²) in [5, 5.41) is 20.2. The number of rotatable bonds is 5. The summed E-state index contributed by atoms with van der Waals surface area (Å²) >= 11 is 0. The molecule has 0 atom stereocenters. The van der Waals surface area contributed by atoms with Crippen LogP contribution in [0.25, 0.3) is 11.3 Å². The monoisotopic (exact) mass is 321 g/mol. The van der Waals surface area contributed by atoms with E-state index in [9.17, 15) is 4.79 Å². The molecule has 2 N–H and O–H groups in total. The molecule has 1 heterocycles. The average molecular weight is 321 g/mol. The fraction of sp³-hybridized carbons (Fsp3) is 0.0556. The highest BCUT2D eigenvalue weighted by atomic mass is 16.5. The Kier molecular flexibility index (Phi) is 4.38. The number of nitrogens with zero attached hydrogens (tertiary/aromatic N) is 2. The second kappa shape index (κ2) is 6.78. The molecule has 6 nitrogen and oxygen atoms in total. The van der Waals surface area contributed by atoms with Crippen molar-refractivity contribution in [3.05, 3.63) is 66.4 Å². The lowest BCUT2D eigenvalue weighted by Gasteiger charge is -2.12. The zero-order valence-corrected chi connectivity index (χ0v) is 12.9. The molecule has 0 aliphatic carbocycles. The second-order valence-corrected chi connectivity index (χ2v) is 5.03. The van der Waals surface area contributed by atoms with E-state index in [1.54, 1.807) is 37.6 Å². The zero-order valence-electron chi connectivity index (χ0n) is 12.9. The van der Waals surface area contributed by atoms with Gasteiger partial charge >= 0.3 is 5.97 Å². The maximum atomic E-state index is 11.0. The number of aromatic nitrogens is 2. The third-order valence-electron chi connectivity index (χ3n) is 3.45. The quantitative estimate of drug-likeness (QED) is 0.747. The number of anilines is 2. The van der Waals surface area contributed by atoms with Crippen LogP contribution in [0.2, 0.25) is 0 Å². The van der Waals surface area contributed by atoms with Crippen molar-refractivity contribution < 1.29 is 14.6 Å². The Morgan fingerprint density at radius 2 is 1.92 bits per heavy atom. The summed E-state index contributed by atoms with van der Waals surface area (Å²) in [6.07, 6.45) is 1.61. The SMILES string of the molecule is COc1cc(Nc2cccc(C(=O)O)c2)ccc1-c1cccnn1. The summed E-state index contributed by atoms with van der Waals surface area (Å²) in [6.45, 7) is 0. The van der Waals surface area contributed by atoms with E-state index in [0.717, 1.165) is 11.3 Å². The minimum absolute atomic E-state index is 0.225. The van der Waals surface area contributed by atoms with E-state index in [4.69, 9.17) is 9.84 Å². The fourth-order valence-electron chi connectivity index (χ4n) is 2.32. The Morgan fingerprint density at radius 1 is 1.08 bits per heavy atom. The van der Waals surface area contributed by atoms with Crippen LogP contribution in [-0.4, -0.2) is 28.4 Å². The van der Waals surface area contributed by atoms with Gasteiger partial charge in [-0.05, 0) is 42.5 Å². The third-order valence-corrected chi connectivity index (χ3v) is 3.45. The Labute approximate surface area is 138 Å². The lowest BCUT2D eigenvalue weighted by atomic mass is 10.1. The molecule has 0 saturated carbocycles. The molecule has 120 valence electrons. The standard InChI is InChI=1S/C18H15N3O3/c1-24-17-11-14(7-8-15(17)16-6-3-9-19-21-16)20-13-5-2-4-12(10-13)18(22)23/h2-11,20H,1H3,(H,22,23). The van der Waals surface area contributed by atoms with Gasteiger partial charge in [-0.3, -0.25) is 0 Å². The van der Waals surface area contributed by atoms with Gasteiger partial charge in [0, 0.05) is 29.2 Å². The van der Waals surface area contributed by atoms with E-state index < -0.39 is 5.97 Å². The molecule has 0 amide bonds. The molecule has 6 heteroatoms. The van der Waals surface area contributed by atoms with E-state index in [1.165, 1.54) is 0 Å². The number of ether oxygens (including phenoxy) is 1. The van der Waals surface area contributed by atoms with Gasteiger partial charge in [0.25, 0.3) is 0 Å². The van der Waals surface area contributed by atoms with Gasteiger partial charge in [0.2, 0.25) is 0 Å². The molecule has 0 saturated heterocycles. The highest BCUT2D eigenvalue weighted by Gasteiger charge is 2.09. The lowest BCUT2D eigenvalue weighted by Crippen LogP contribution is -1.98. The highest BCUT2D eigenvalue weighted by molar-refractivity contribution is 5.89. The van der Waals surface area contributed by atoms with Gasteiger partial charge in [-0.1, -0.05) is 6.07 Å². The summed E-state index contributed by atoms with van der Waals surface area (Å²) in [7, 11) is 1.59. The van der Waals surface area contributed by atoms with Gasteiger partial charge in [0.1, 0.15) is 5.75 Å². The van der Waals surface area contributed by atoms with Crippen molar-refractivity contribution in [1.82, 2.24) is 10.2 Å². The largest absolute Gasteiger partial charge is 0.496 e. The molecule has 0 unspecified atom stereocenters. The molecule has 2 aromatic carbocycles. The Hall–Kier alpha value is -3.41. The van der Waals surface area contributed by atoms with Crippen LogP contribution in [0.5, 0.6) is 5.75 Å². The van der Waals surface area contributed by atoms with Crippen molar-refractivity contribution in [2.24, 2.45) is 0 Å². The number of carboxylic acids is 1. The van der Waals surface area contributed by atoms with Gasteiger partial charge in [-0.2, -0.15) is 10.2 Å². The van der Waals surface area contributed by atoms with Crippen molar-refractivity contribution in [2.75, 3.05) is 12.4 Å². The second-order valence-electron chi connectivity index (χ2n) is 5.03. The van der Waals surface area contributed by atoms with Gasteiger partial charge in [0.05, 0.1) is 18.4 Å². The first-order valence-electron chi connectivity index (χ1n) is 7.24. The third kappa shape index (κ3) is 3.33. The molecule has 0 fully saturated rings. The normalized spacial score (nSPS) is 10.2. The van der Waals surface area contributed by atoms with Crippen molar-refractivity contribution in [1.29, 1.82) is 0 Å². The van der Waals surface area contributed by atoms with Gasteiger partial charge in [-0.15, -0.1) is 0 Å². The molecule has 24 heavy (non-hydrogen) atoms. The number of benzene rings is 2. The number of nitrogens with one attached hydrogen (secondary N) is 1. The van der Waals surface area contributed by atoms with E-state index in [-0.39, 0.29) is 5.56 Å². The van der Waals surface area contributed by atoms with Crippen LogP contribution < -0.4 is 10.1 Å². The minimum atomic E-state index is -0.964. The van der Waals surface area contributed by atoms with E-state index >= 15 is 0 Å². The van der Waals surface area contributed by atoms with Gasteiger partial charge in [-0.25, -0.2) is 4.79 Å². The number of hydrogen-bond acceptors (Lipinski definition) is 5. The lowest BCUT2D eigenvalue weighted by molar-refractivity contribution is 0.0697. The molecule has 0 spiro atoms. The minimum Gasteiger partial charge on any atom is -0.496 e. The van der Waals surface area contributed by atoms with Gasteiger partial charge in [0.15, 0.2) is 0 Å². The van der Waals surface area contributed by atoms with Crippen molar-refractivity contribution in [2.45, 2.75) is 0 Å². The smallest absolute Gasteiger partial charge is 0.335 e. The summed E-state index contributed by atoms with van der Waals surface area (Å²) in [4.78, 5) is 11.0. The molecule has 1 aromatic heterocycles. The van der Waals surface area contributed by atoms with E-state index in [0.29, 0.717) is 17.1 Å². The van der Waals surface area contributed by atoms with Crippen LogP contribution in [0, 0.1) is 0 Å². The van der Waals surface area contributed by atoms with Crippen molar-refractivity contribution in [3.8, 4) is 17.0 Å². The van der Waals surface area contributed by atoms with Crippen LogP contribution in [0.4, 0.5) is 11.4 Å².